The van der Waals surface area contributed by atoms with Crippen LogP contribution in [0.1, 0.15) is 30.1 Å². The summed E-state index contributed by atoms with van der Waals surface area (Å²) in [5.74, 6) is -2.26. The quantitative estimate of drug-likeness (QED) is 0.568. The molecule has 0 fully saturated rings. The molecule has 0 amide bonds. The van der Waals surface area contributed by atoms with Crippen LogP contribution < -0.4 is 0 Å². The SMILES string of the molecule is CCCC(=O)OC(=O)c1ccccc1F. The highest BCUT2D eigenvalue weighted by Gasteiger charge is 2.15. The number of esters is 2. The average Bonchev–Trinajstić information content (AvgIpc) is 2.18. The molecule has 3 nitrogen and oxygen atoms in total. The zero-order chi connectivity index (χ0) is 11.3. The summed E-state index contributed by atoms with van der Waals surface area (Å²) in [6.45, 7) is 1.79. The highest BCUT2D eigenvalue weighted by molar-refractivity contribution is 5.96. The van der Waals surface area contributed by atoms with Gasteiger partial charge in [-0.3, -0.25) is 4.79 Å². The van der Waals surface area contributed by atoms with E-state index in [0.717, 1.165) is 6.07 Å². The molecule has 15 heavy (non-hydrogen) atoms. The summed E-state index contributed by atoms with van der Waals surface area (Å²) < 4.78 is 17.5. The third-order valence-electron chi connectivity index (χ3n) is 1.75. The zero-order valence-corrected chi connectivity index (χ0v) is 8.33. The van der Waals surface area contributed by atoms with Gasteiger partial charge in [-0.2, -0.15) is 0 Å². The molecule has 0 aliphatic heterocycles. The second kappa shape index (κ2) is 5.24. The van der Waals surface area contributed by atoms with Crippen molar-refractivity contribution in [2.45, 2.75) is 19.8 Å². The highest BCUT2D eigenvalue weighted by Crippen LogP contribution is 2.08. The largest absolute Gasteiger partial charge is 0.389 e. The first kappa shape index (κ1) is 11.4. The van der Waals surface area contributed by atoms with Crippen molar-refractivity contribution in [3.05, 3.63) is 35.6 Å². The van der Waals surface area contributed by atoms with E-state index in [1.165, 1.54) is 18.2 Å². The molecule has 0 N–H and O–H groups in total. The van der Waals surface area contributed by atoms with Gasteiger partial charge in [0.05, 0.1) is 5.56 Å². The normalized spacial score (nSPS) is 9.73. The van der Waals surface area contributed by atoms with Gasteiger partial charge < -0.3 is 4.74 Å². The summed E-state index contributed by atoms with van der Waals surface area (Å²) in [5.41, 5.74) is -0.220. The number of carbonyl (C=O) groups excluding carboxylic acids is 2. The number of hydrogen-bond acceptors (Lipinski definition) is 3. The van der Waals surface area contributed by atoms with Gasteiger partial charge in [0.15, 0.2) is 0 Å². The topological polar surface area (TPSA) is 43.4 Å². The molecular weight excluding hydrogens is 199 g/mol. The van der Waals surface area contributed by atoms with E-state index in [2.05, 4.69) is 4.74 Å². The maximum Gasteiger partial charge on any atom is 0.348 e. The van der Waals surface area contributed by atoms with Crippen LogP contribution in [-0.2, 0) is 9.53 Å². The molecule has 80 valence electrons. The van der Waals surface area contributed by atoms with Crippen LogP contribution in [0.5, 0.6) is 0 Å². The molecule has 1 aromatic rings. The van der Waals surface area contributed by atoms with Crippen LogP contribution in [0.4, 0.5) is 4.39 Å². The van der Waals surface area contributed by atoms with Crippen molar-refractivity contribution in [1.29, 1.82) is 0 Å². The standard InChI is InChI=1S/C11H11FO3/c1-2-5-10(13)15-11(14)8-6-3-4-7-9(8)12/h3-4,6-7H,2,5H2,1H3. The predicted octanol–water partition coefficient (Wildman–Crippen LogP) is 2.31. The summed E-state index contributed by atoms with van der Waals surface area (Å²) >= 11 is 0. The zero-order valence-electron chi connectivity index (χ0n) is 8.33. The summed E-state index contributed by atoms with van der Waals surface area (Å²) in [7, 11) is 0. The predicted molar refractivity (Wildman–Crippen MR) is 51.7 cm³/mol. The average molecular weight is 210 g/mol. The van der Waals surface area contributed by atoms with Gasteiger partial charge >= 0.3 is 11.9 Å². The Morgan fingerprint density at radius 2 is 2.00 bits per heavy atom. The van der Waals surface area contributed by atoms with Gasteiger partial charge in [0.2, 0.25) is 0 Å². The minimum atomic E-state index is -0.938. The van der Waals surface area contributed by atoms with E-state index in [4.69, 9.17) is 0 Å². The van der Waals surface area contributed by atoms with E-state index in [-0.39, 0.29) is 12.0 Å². The number of halogens is 1. The fourth-order valence-electron chi connectivity index (χ4n) is 1.04. The van der Waals surface area contributed by atoms with E-state index in [1.54, 1.807) is 6.92 Å². The van der Waals surface area contributed by atoms with Gasteiger partial charge in [0.25, 0.3) is 0 Å². The van der Waals surface area contributed by atoms with Crippen molar-refractivity contribution < 1.29 is 18.7 Å². The van der Waals surface area contributed by atoms with E-state index < -0.39 is 17.8 Å². The Morgan fingerprint density at radius 1 is 1.33 bits per heavy atom. The minimum absolute atomic E-state index is 0.153. The first-order valence-corrected chi connectivity index (χ1v) is 4.64. The Balaban J connectivity index is 2.70. The molecular formula is C11H11FO3. The number of carbonyl (C=O) groups is 2. The number of benzene rings is 1. The molecule has 0 atom stereocenters. The minimum Gasteiger partial charge on any atom is -0.389 e. The number of rotatable bonds is 3. The van der Waals surface area contributed by atoms with E-state index in [9.17, 15) is 14.0 Å². The maximum absolute atomic E-state index is 13.1. The Labute approximate surface area is 86.9 Å². The van der Waals surface area contributed by atoms with Crippen molar-refractivity contribution in [1.82, 2.24) is 0 Å². The van der Waals surface area contributed by atoms with Crippen LogP contribution in [-0.4, -0.2) is 11.9 Å². The molecule has 0 bridgehead atoms. The van der Waals surface area contributed by atoms with Gasteiger partial charge in [-0.25, -0.2) is 9.18 Å². The molecule has 4 heteroatoms. The molecule has 0 aliphatic rings. The lowest BCUT2D eigenvalue weighted by molar-refractivity contribution is -0.138. The van der Waals surface area contributed by atoms with E-state index in [0.29, 0.717) is 6.42 Å². The van der Waals surface area contributed by atoms with Crippen molar-refractivity contribution in [3.8, 4) is 0 Å². The van der Waals surface area contributed by atoms with Crippen LogP contribution in [0.2, 0.25) is 0 Å². The van der Waals surface area contributed by atoms with Crippen LogP contribution in [0.25, 0.3) is 0 Å². The Hall–Kier alpha value is -1.71. The fraction of sp³-hybridized carbons (Fsp3) is 0.273. The fourth-order valence-corrected chi connectivity index (χ4v) is 1.04. The highest BCUT2D eigenvalue weighted by atomic mass is 19.1. The smallest absolute Gasteiger partial charge is 0.348 e. The van der Waals surface area contributed by atoms with Crippen LogP contribution in [0.15, 0.2) is 24.3 Å². The van der Waals surface area contributed by atoms with Crippen LogP contribution in [0, 0.1) is 5.82 Å². The molecule has 0 spiro atoms. The van der Waals surface area contributed by atoms with Crippen molar-refractivity contribution >= 4 is 11.9 Å². The molecule has 0 saturated heterocycles. The Kier molecular flexibility index (Phi) is 3.97. The molecule has 1 aromatic carbocycles. The third-order valence-corrected chi connectivity index (χ3v) is 1.75. The number of hydrogen-bond donors (Lipinski definition) is 0. The van der Waals surface area contributed by atoms with Crippen molar-refractivity contribution in [2.75, 3.05) is 0 Å². The summed E-state index contributed by atoms with van der Waals surface area (Å²) in [5, 5.41) is 0. The molecule has 0 heterocycles. The molecule has 0 aromatic heterocycles. The second-order valence-electron chi connectivity index (χ2n) is 2.99. The molecule has 0 aliphatic carbocycles. The summed E-state index contributed by atoms with van der Waals surface area (Å²) in [4.78, 5) is 22.2. The van der Waals surface area contributed by atoms with Gasteiger partial charge in [0, 0.05) is 6.42 Å². The lowest BCUT2D eigenvalue weighted by Crippen LogP contribution is -2.13. The Bertz CT molecular complexity index is 374. The third kappa shape index (κ3) is 3.16. The monoisotopic (exact) mass is 210 g/mol. The van der Waals surface area contributed by atoms with Gasteiger partial charge in [-0.1, -0.05) is 19.1 Å². The van der Waals surface area contributed by atoms with Gasteiger partial charge in [0.1, 0.15) is 5.82 Å². The van der Waals surface area contributed by atoms with Crippen molar-refractivity contribution in [3.63, 3.8) is 0 Å². The lowest BCUT2D eigenvalue weighted by Gasteiger charge is -2.02. The first-order chi connectivity index (χ1) is 7.15. The Morgan fingerprint density at radius 3 is 2.60 bits per heavy atom. The van der Waals surface area contributed by atoms with E-state index in [1.807, 2.05) is 0 Å². The molecule has 0 saturated carbocycles. The molecule has 1 rings (SSSR count). The lowest BCUT2D eigenvalue weighted by atomic mass is 10.2. The van der Waals surface area contributed by atoms with Crippen LogP contribution in [0.3, 0.4) is 0 Å². The maximum atomic E-state index is 13.1. The van der Waals surface area contributed by atoms with E-state index >= 15 is 0 Å². The summed E-state index contributed by atoms with van der Waals surface area (Å²) in [6.07, 6.45) is 0.740. The van der Waals surface area contributed by atoms with Gasteiger partial charge in [-0.15, -0.1) is 0 Å². The molecule has 0 radical (unpaired) electrons. The van der Waals surface area contributed by atoms with Crippen molar-refractivity contribution in [2.24, 2.45) is 0 Å². The second-order valence-corrected chi connectivity index (χ2v) is 2.99. The van der Waals surface area contributed by atoms with Gasteiger partial charge in [-0.05, 0) is 18.6 Å². The number of ether oxygens (including phenoxy) is 1. The molecule has 0 unspecified atom stereocenters. The van der Waals surface area contributed by atoms with Crippen LogP contribution >= 0.6 is 0 Å². The summed E-state index contributed by atoms with van der Waals surface area (Å²) in [6, 6.07) is 5.38. The first-order valence-electron chi connectivity index (χ1n) is 4.64.